The highest BCUT2D eigenvalue weighted by atomic mass is 15.0. The van der Waals surface area contributed by atoms with Crippen LogP contribution >= 0.6 is 0 Å². The monoisotopic (exact) mass is 905 g/mol. The van der Waals surface area contributed by atoms with Crippen molar-refractivity contribution >= 4 is 43.6 Å². The van der Waals surface area contributed by atoms with Crippen molar-refractivity contribution in [1.29, 1.82) is 0 Å². The van der Waals surface area contributed by atoms with E-state index in [9.17, 15) is 0 Å². The highest BCUT2D eigenvalue weighted by molar-refractivity contribution is 6.19. The third-order valence-electron chi connectivity index (χ3n) is 15.4. The van der Waals surface area contributed by atoms with Gasteiger partial charge in [0.15, 0.2) is 0 Å². The van der Waals surface area contributed by atoms with E-state index in [-0.39, 0.29) is 27.1 Å². The fraction of sp³-hybridized carbons (Fsp3) is 0.455. The second-order valence-electron chi connectivity index (χ2n) is 25.0. The average molecular weight is 905 g/mol. The first-order valence-electron chi connectivity index (χ1n) is 26.5. The normalized spacial score (nSPS) is 13.2. The zero-order chi connectivity index (χ0) is 49.0. The zero-order valence-electron chi connectivity index (χ0n) is 44.9. The zero-order valence-corrected chi connectivity index (χ0v) is 44.9. The molecule has 0 aliphatic carbocycles. The predicted molar refractivity (Wildman–Crippen MR) is 300 cm³/mol. The number of hydrogen-bond acceptors (Lipinski definition) is 0. The third kappa shape index (κ3) is 9.48. The van der Waals surface area contributed by atoms with Crippen molar-refractivity contribution in [1.82, 2.24) is 9.13 Å². The molecule has 358 valence electrons. The fourth-order valence-corrected chi connectivity index (χ4v) is 11.2. The predicted octanol–water partition coefficient (Wildman–Crippen LogP) is 19.9. The molecule has 2 nitrogen and oxygen atoms in total. The molecule has 2 heteroatoms. The van der Waals surface area contributed by atoms with Crippen LogP contribution in [0.2, 0.25) is 0 Å². The van der Waals surface area contributed by atoms with Crippen LogP contribution in [0.5, 0.6) is 0 Å². The van der Waals surface area contributed by atoms with Gasteiger partial charge >= 0.3 is 0 Å². The van der Waals surface area contributed by atoms with Gasteiger partial charge in [0.1, 0.15) is 0 Å². The van der Waals surface area contributed by atoms with E-state index in [2.05, 4.69) is 228 Å². The largest absolute Gasteiger partial charge is 0.309 e. The summed E-state index contributed by atoms with van der Waals surface area (Å²) >= 11 is 0. The first kappa shape index (κ1) is 49.3. The summed E-state index contributed by atoms with van der Waals surface area (Å²) in [5, 5.41) is 5.47. The number of fused-ring (bicyclic) bond motifs is 6. The first-order valence-corrected chi connectivity index (χ1v) is 26.5. The molecule has 0 bridgehead atoms. The first-order chi connectivity index (χ1) is 32.1. The highest BCUT2D eigenvalue weighted by Gasteiger charge is 2.35. The van der Waals surface area contributed by atoms with Crippen LogP contribution in [0.4, 0.5) is 0 Å². The standard InChI is InChI=1S/C66H84N2/c1-16-18-20-25-38-66(15,39-26-21-19-17-2)61-58(68-54-34-32-46(62(3,4)5)43-52(54)53-44-47(63(6,7)8)33-35-55(53)68)37-36-57-60(61)59-51(45-28-23-22-24-29-45)30-27-31-56(59)67(57)50-41-48(64(9,10)11)40-49(42-50)65(12,13)14/h22-24,27-37,40-44H,16-21,25-26,38-39H2,1-15H3. The van der Waals surface area contributed by atoms with Crippen LogP contribution in [0.3, 0.4) is 0 Å². The fourth-order valence-electron chi connectivity index (χ4n) is 11.2. The molecule has 0 N–H and O–H groups in total. The van der Waals surface area contributed by atoms with Gasteiger partial charge in [-0.25, -0.2) is 0 Å². The van der Waals surface area contributed by atoms with Crippen molar-refractivity contribution in [2.45, 2.75) is 195 Å². The summed E-state index contributed by atoms with van der Waals surface area (Å²) in [5.41, 5.74) is 17.2. The summed E-state index contributed by atoms with van der Waals surface area (Å²) in [4.78, 5) is 0. The lowest BCUT2D eigenvalue weighted by Gasteiger charge is -2.34. The van der Waals surface area contributed by atoms with E-state index in [1.165, 1.54) is 145 Å². The molecule has 0 amide bonds. The van der Waals surface area contributed by atoms with Gasteiger partial charge in [0.25, 0.3) is 0 Å². The third-order valence-corrected chi connectivity index (χ3v) is 15.4. The molecule has 0 fully saturated rings. The van der Waals surface area contributed by atoms with Crippen LogP contribution in [0.15, 0.2) is 115 Å². The molecule has 0 unspecified atom stereocenters. The van der Waals surface area contributed by atoms with E-state index < -0.39 is 0 Å². The van der Waals surface area contributed by atoms with Crippen LogP contribution in [0.25, 0.3) is 66.1 Å². The lowest BCUT2D eigenvalue weighted by atomic mass is 9.71. The molecule has 8 rings (SSSR count). The van der Waals surface area contributed by atoms with E-state index in [1.54, 1.807) is 0 Å². The van der Waals surface area contributed by atoms with Gasteiger partial charge in [0, 0.05) is 27.2 Å². The molecule has 2 heterocycles. The Labute approximate surface area is 411 Å². The number of rotatable bonds is 14. The van der Waals surface area contributed by atoms with Crippen LogP contribution < -0.4 is 0 Å². The van der Waals surface area contributed by atoms with E-state index in [1.807, 2.05) is 0 Å². The van der Waals surface area contributed by atoms with Crippen LogP contribution in [-0.2, 0) is 27.1 Å². The minimum Gasteiger partial charge on any atom is -0.309 e. The van der Waals surface area contributed by atoms with Gasteiger partial charge in [0.05, 0.1) is 27.8 Å². The topological polar surface area (TPSA) is 9.86 Å². The summed E-state index contributed by atoms with van der Waals surface area (Å²) in [6.07, 6.45) is 12.3. The van der Waals surface area contributed by atoms with E-state index >= 15 is 0 Å². The Balaban J connectivity index is 1.61. The van der Waals surface area contributed by atoms with Crippen LogP contribution in [0.1, 0.15) is 196 Å². The molecule has 0 aliphatic rings. The lowest BCUT2D eigenvalue weighted by Crippen LogP contribution is -2.25. The van der Waals surface area contributed by atoms with Crippen LogP contribution in [0, 0.1) is 0 Å². The number of benzene rings is 6. The minimum absolute atomic E-state index is 0.0197. The van der Waals surface area contributed by atoms with Gasteiger partial charge in [0.2, 0.25) is 0 Å². The molecule has 0 radical (unpaired) electrons. The molecular formula is C66H84N2. The summed E-state index contributed by atoms with van der Waals surface area (Å²) in [7, 11) is 0. The molecule has 0 saturated heterocycles. The molecule has 0 spiro atoms. The van der Waals surface area contributed by atoms with Crippen molar-refractivity contribution in [2.24, 2.45) is 0 Å². The van der Waals surface area contributed by atoms with Crippen molar-refractivity contribution in [3.63, 3.8) is 0 Å². The van der Waals surface area contributed by atoms with Gasteiger partial charge in [-0.3, -0.25) is 0 Å². The van der Waals surface area contributed by atoms with E-state index in [0.717, 1.165) is 12.8 Å². The Morgan fingerprint density at radius 2 is 0.868 bits per heavy atom. The Kier molecular flexibility index (Phi) is 13.6. The second kappa shape index (κ2) is 18.7. The SMILES string of the molecule is CCCCCCC(C)(CCCCCC)c1c(-n2c3ccc(C(C)(C)C)cc3c3cc(C(C)(C)C)ccc32)ccc2c1c1c(-c3ccccc3)cccc1n2-c1cc(C(C)(C)C)cc(C(C)(C)C)c1. The maximum atomic E-state index is 2.70. The van der Waals surface area contributed by atoms with Crippen molar-refractivity contribution in [3.05, 3.63) is 143 Å². The number of unbranched alkanes of at least 4 members (excludes halogenated alkanes) is 6. The van der Waals surface area contributed by atoms with Crippen LogP contribution in [-0.4, -0.2) is 9.13 Å². The molecule has 2 aromatic heterocycles. The summed E-state index contributed by atoms with van der Waals surface area (Å²) in [6.45, 7) is 35.7. The molecule has 8 aromatic rings. The second-order valence-corrected chi connectivity index (χ2v) is 25.0. The number of hydrogen-bond donors (Lipinski definition) is 0. The summed E-state index contributed by atoms with van der Waals surface area (Å²) in [6, 6.07) is 45.6. The van der Waals surface area contributed by atoms with E-state index in [4.69, 9.17) is 0 Å². The smallest absolute Gasteiger partial charge is 0.0547 e. The van der Waals surface area contributed by atoms with Crippen molar-refractivity contribution in [2.75, 3.05) is 0 Å². The maximum absolute atomic E-state index is 2.70. The molecule has 0 saturated carbocycles. The molecule has 6 aromatic carbocycles. The number of aromatic nitrogens is 2. The summed E-state index contributed by atoms with van der Waals surface area (Å²) < 4.78 is 5.35. The maximum Gasteiger partial charge on any atom is 0.0547 e. The lowest BCUT2D eigenvalue weighted by molar-refractivity contribution is 0.366. The Morgan fingerprint density at radius 1 is 0.382 bits per heavy atom. The Hall–Kier alpha value is -5.08. The van der Waals surface area contributed by atoms with Gasteiger partial charge < -0.3 is 9.13 Å². The van der Waals surface area contributed by atoms with Gasteiger partial charge in [-0.15, -0.1) is 0 Å². The molecule has 68 heavy (non-hydrogen) atoms. The van der Waals surface area contributed by atoms with Crippen molar-refractivity contribution < 1.29 is 0 Å². The Bertz CT molecular complexity index is 2950. The van der Waals surface area contributed by atoms with E-state index in [0.29, 0.717) is 0 Å². The van der Waals surface area contributed by atoms with Gasteiger partial charge in [-0.05, 0) is 133 Å². The van der Waals surface area contributed by atoms with Gasteiger partial charge in [-0.2, -0.15) is 0 Å². The van der Waals surface area contributed by atoms with Gasteiger partial charge in [-0.1, -0.05) is 216 Å². The molecular weight excluding hydrogens is 821 g/mol. The number of nitrogens with zero attached hydrogens (tertiary/aromatic N) is 2. The summed E-state index contributed by atoms with van der Waals surface area (Å²) in [5.74, 6) is 0. The van der Waals surface area contributed by atoms with Crippen molar-refractivity contribution in [3.8, 4) is 22.5 Å². The average Bonchev–Trinajstić information content (AvgIpc) is 3.80. The molecule has 0 atom stereocenters. The highest BCUT2D eigenvalue weighted by Crippen LogP contribution is 2.50. The minimum atomic E-state index is -0.108. The molecule has 0 aliphatic heterocycles. The quantitative estimate of drug-likeness (QED) is 0.0963. The Morgan fingerprint density at radius 3 is 1.35 bits per heavy atom.